The highest BCUT2D eigenvalue weighted by molar-refractivity contribution is 6.07. The molecule has 0 radical (unpaired) electrons. The summed E-state index contributed by atoms with van der Waals surface area (Å²) >= 11 is 0. The topological polar surface area (TPSA) is 74.0 Å². The molecule has 1 atom stereocenters. The van der Waals surface area contributed by atoms with E-state index in [2.05, 4.69) is 15.6 Å². The zero-order valence-electron chi connectivity index (χ0n) is 17.8. The van der Waals surface area contributed by atoms with Crippen molar-refractivity contribution in [2.24, 2.45) is 5.92 Å². The highest BCUT2D eigenvalue weighted by Crippen LogP contribution is 2.36. The normalized spacial score (nSPS) is 19.4. The molecule has 0 bridgehead atoms. The van der Waals surface area contributed by atoms with Crippen LogP contribution < -0.4 is 10.6 Å². The third-order valence-corrected chi connectivity index (χ3v) is 5.80. The molecule has 5 nitrogen and oxygen atoms in total. The summed E-state index contributed by atoms with van der Waals surface area (Å²) in [6, 6.07) is 4.50. The molecule has 2 aromatic rings. The van der Waals surface area contributed by atoms with E-state index >= 15 is 0 Å². The molecule has 0 saturated carbocycles. The highest BCUT2D eigenvalue weighted by Gasteiger charge is 2.34. The number of allylic oxidation sites excluding steroid dienone is 4. The molecule has 1 aliphatic carbocycles. The van der Waals surface area contributed by atoms with Gasteiger partial charge in [0.25, 0.3) is 11.8 Å². The number of aromatic amines is 1. The van der Waals surface area contributed by atoms with E-state index in [-0.39, 0.29) is 17.5 Å². The van der Waals surface area contributed by atoms with Crippen molar-refractivity contribution in [3.05, 3.63) is 81.3 Å². The number of rotatable bonds is 3. The van der Waals surface area contributed by atoms with Gasteiger partial charge in [0.05, 0.1) is 11.1 Å². The molecular weight excluding hydrogens is 419 g/mol. The average molecular weight is 441 g/mol. The molecular formula is C24H22F3N3O2. The van der Waals surface area contributed by atoms with Gasteiger partial charge in [-0.25, -0.2) is 0 Å². The first-order valence-corrected chi connectivity index (χ1v) is 10.1. The number of amides is 2. The van der Waals surface area contributed by atoms with Gasteiger partial charge >= 0.3 is 6.18 Å². The second kappa shape index (κ2) is 7.85. The number of aryl methyl sites for hydroxylation is 1. The Morgan fingerprint density at radius 3 is 2.66 bits per heavy atom. The van der Waals surface area contributed by atoms with Gasteiger partial charge in [-0.3, -0.25) is 9.59 Å². The number of hydrogen-bond acceptors (Lipinski definition) is 2. The molecule has 1 aliphatic heterocycles. The summed E-state index contributed by atoms with van der Waals surface area (Å²) < 4.78 is 38.9. The van der Waals surface area contributed by atoms with E-state index in [1.165, 1.54) is 17.7 Å². The second-order valence-corrected chi connectivity index (χ2v) is 8.14. The van der Waals surface area contributed by atoms with Crippen LogP contribution in [-0.2, 0) is 11.0 Å². The number of aromatic nitrogens is 1. The van der Waals surface area contributed by atoms with Crippen molar-refractivity contribution in [1.82, 2.24) is 10.3 Å². The summed E-state index contributed by atoms with van der Waals surface area (Å²) in [6.07, 6.45) is 1.88. The van der Waals surface area contributed by atoms with Crippen LogP contribution in [0.1, 0.15) is 46.2 Å². The molecule has 1 saturated heterocycles. The molecule has 1 unspecified atom stereocenters. The lowest BCUT2D eigenvalue weighted by Crippen LogP contribution is -2.14. The number of hydrogen-bond donors (Lipinski definition) is 3. The number of benzene rings is 1. The Bertz CT molecular complexity index is 1220. The van der Waals surface area contributed by atoms with E-state index in [4.69, 9.17) is 0 Å². The van der Waals surface area contributed by atoms with Gasteiger partial charge in [-0.15, -0.1) is 0 Å². The maximum absolute atomic E-state index is 13.0. The molecule has 4 rings (SSSR count). The molecule has 8 heteroatoms. The van der Waals surface area contributed by atoms with Crippen LogP contribution in [0.3, 0.4) is 0 Å². The van der Waals surface area contributed by atoms with E-state index in [0.717, 1.165) is 24.3 Å². The van der Waals surface area contributed by atoms with Gasteiger partial charge in [-0.1, -0.05) is 17.7 Å². The molecule has 1 aromatic heterocycles. The molecule has 32 heavy (non-hydrogen) atoms. The summed E-state index contributed by atoms with van der Waals surface area (Å²) in [6.45, 7) is 5.46. The van der Waals surface area contributed by atoms with Crippen LogP contribution >= 0.6 is 0 Å². The number of alkyl halides is 3. The molecule has 2 amide bonds. The number of nitrogens with one attached hydrogen (secondary N) is 3. The van der Waals surface area contributed by atoms with Crippen molar-refractivity contribution in [3.63, 3.8) is 0 Å². The summed E-state index contributed by atoms with van der Waals surface area (Å²) in [7, 11) is 0. The molecule has 2 aliphatic rings. The van der Waals surface area contributed by atoms with Gasteiger partial charge in [0.2, 0.25) is 0 Å². The van der Waals surface area contributed by atoms with Crippen LogP contribution in [0.25, 0.3) is 6.08 Å². The lowest BCUT2D eigenvalue weighted by molar-refractivity contribution is -0.137. The minimum Gasteiger partial charge on any atom is -0.358 e. The lowest BCUT2D eigenvalue weighted by atomic mass is 9.88. The fourth-order valence-corrected chi connectivity index (χ4v) is 4.16. The standard InChI is InChI=1S/C24H22F3N3O2/c1-12-7-8-19-17(9-12)18(22(31)30-19)11-20-13(2)21(14(3)28-20)23(32)29-16-6-4-5-15(10-16)24(25,26)27/h4-8,10-11,17,28H,9H2,1-3H3,(H,29,32)(H,30,31). The largest absolute Gasteiger partial charge is 0.416 e. The Hall–Kier alpha value is -3.55. The van der Waals surface area contributed by atoms with Crippen LogP contribution in [0.15, 0.2) is 53.3 Å². The number of anilines is 1. The third kappa shape index (κ3) is 4.00. The van der Waals surface area contributed by atoms with Crippen LogP contribution in [0.4, 0.5) is 18.9 Å². The van der Waals surface area contributed by atoms with Gasteiger partial charge in [0.15, 0.2) is 0 Å². The molecule has 0 spiro atoms. The first-order valence-electron chi connectivity index (χ1n) is 10.1. The zero-order valence-corrected chi connectivity index (χ0v) is 17.8. The van der Waals surface area contributed by atoms with E-state index < -0.39 is 17.6 Å². The number of H-pyrrole nitrogens is 1. The number of halogens is 3. The monoisotopic (exact) mass is 441 g/mol. The van der Waals surface area contributed by atoms with E-state index in [0.29, 0.717) is 28.1 Å². The van der Waals surface area contributed by atoms with Crippen molar-refractivity contribution in [1.29, 1.82) is 0 Å². The highest BCUT2D eigenvalue weighted by atomic mass is 19.4. The average Bonchev–Trinajstić information content (AvgIpc) is 3.17. The summed E-state index contributed by atoms with van der Waals surface area (Å²) in [5.41, 5.74) is 3.99. The smallest absolute Gasteiger partial charge is 0.358 e. The van der Waals surface area contributed by atoms with E-state index in [1.807, 2.05) is 19.1 Å². The van der Waals surface area contributed by atoms with Gasteiger partial charge in [0.1, 0.15) is 0 Å². The quantitative estimate of drug-likeness (QED) is 0.568. The van der Waals surface area contributed by atoms with Crippen molar-refractivity contribution < 1.29 is 22.8 Å². The SMILES string of the molecule is CC1=CC=C2NC(=O)C(=Cc3[nH]c(C)c(C(=O)Nc4cccc(C(F)(F)F)c4)c3C)C2C1. The van der Waals surface area contributed by atoms with Gasteiger partial charge in [-0.05, 0) is 63.1 Å². The molecule has 1 aromatic carbocycles. The fraction of sp³-hybridized carbons (Fsp3) is 0.250. The minimum absolute atomic E-state index is 0.0548. The Labute approximate surface area is 183 Å². The Morgan fingerprint density at radius 2 is 1.94 bits per heavy atom. The van der Waals surface area contributed by atoms with Gasteiger partial charge in [0, 0.05) is 34.3 Å². The van der Waals surface area contributed by atoms with Gasteiger partial charge in [-0.2, -0.15) is 13.2 Å². The second-order valence-electron chi connectivity index (χ2n) is 8.14. The first-order chi connectivity index (χ1) is 15.0. The summed E-state index contributed by atoms with van der Waals surface area (Å²) in [4.78, 5) is 28.5. The molecule has 2 heterocycles. The van der Waals surface area contributed by atoms with Crippen molar-refractivity contribution in [2.75, 3.05) is 5.32 Å². The van der Waals surface area contributed by atoms with Crippen molar-refractivity contribution in [3.8, 4) is 0 Å². The fourth-order valence-electron chi connectivity index (χ4n) is 4.16. The molecule has 166 valence electrons. The van der Waals surface area contributed by atoms with Crippen LogP contribution in [-0.4, -0.2) is 16.8 Å². The van der Waals surface area contributed by atoms with Crippen LogP contribution in [0.5, 0.6) is 0 Å². The zero-order chi connectivity index (χ0) is 23.2. The summed E-state index contributed by atoms with van der Waals surface area (Å²) in [5.74, 6) is -0.753. The third-order valence-electron chi connectivity index (χ3n) is 5.80. The summed E-state index contributed by atoms with van der Waals surface area (Å²) in [5, 5.41) is 5.43. The maximum atomic E-state index is 13.0. The Balaban J connectivity index is 1.62. The predicted molar refractivity (Wildman–Crippen MR) is 116 cm³/mol. The number of fused-ring (bicyclic) bond motifs is 1. The number of carbonyl (C=O) groups is 2. The lowest BCUT2D eigenvalue weighted by Gasteiger charge is -2.16. The van der Waals surface area contributed by atoms with Crippen LogP contribution in [0, 0.1) is 19.8 Å². The molecule has 1 fully saturated rings. The van der Waals surface area contributed by atoms with Crippen LogP contribution in [0.2, 0.25) is 0 Å². The van der Waals surface area contributed by atoms with E-state index in [9.17, 15) is 22.8 Å². The number of carbonyl (C=O) groups excluding carboxylic acids is 2. The Kier molecular flexibility index (Phi) is 5.32. The van der Waals surface area contributed by atoms with Gasteiger partial charge < -0.3 is 15.6 Å². The Morgan fingerprint density at radius 1 is 1.19 bits per heavy atom. The molecule has 3 N–H and O–H groups in total. The minimum atomic E-state index is -4.50. The van der Waals surface area contributed by atoms with E-state index in [1.54, 1.807) is 19.9 Å². The van der Waals surface area contributed by atoms with Crippen molar-refractivity contribution >= 4 is 23.6 Å². The predicted octanol–water partition coefficient (Wildman–Crippen LogP) is 5.27. The first kappa shape index (κ1) is 21.7. The maximum Gasteiger partial charge on any atom is 0.416 e. The van der Waals surface area contributed by atoms with Crippen molar-refractivity contribution in [2.45, 2.75) is 33.4 Å².